The fourth-order valence-electron chi connectivity index (χ4n) is 4.14. The summed E-state index contributed by atoms with van der Waals surface area (Å²) < 4.78 is 86.1. The van der Waals surface area contributed by atoms with Gasteiger partial charge in [-0.15, -0.1) is 0 Å². The maximum Gasteiger partial charge on any atom is 0.417 e. The number of nitrogens with zero attached hydrogens (tertiary/aromatic N) is 2. The molecule has 12 heteroatoms. The van der Waals surface area contributed by atoms with Crippen molar-refractivity contribution in [1.82, 2.24) is 10.3 Å². The molecule has 1 aromatic heterocycles. The highest BCUT2D eigenvalue weighted by atomic mass is 19.4. The number of amides is 2. The van der Waals surface area contributed by atoms with Crippen LogP contribution in [-0.2, 0) is 30.0 Å². The van der Waals surface area contributed by atoms with Crippen LogP contribution in [0.4, 0.5) is 32.0 Å². The van der Waals surface area contributed by atoms with Crippen molar-refractivity contribution in [1.29, 1.82) is 0 Å². The second-order valence-corrected chi connectivity index (χ2v) is 8.16. The lowest BCUT2D eigenvalue weighted by Crippen LogP contribution is -2.31. The first-order chi connectivity index (χ1) is 17.4. The van der Waals surface area contributed by atoms with Gasteiger partial charge in [0.05, 0.1) is 17.5 Å². The van der Waals surface area contributed by atoms with Gasteiger partial charge in [0.15, 0.2) is 0 Å². The molecular formula is C25H19F6N3O3. The van der Waals surface area contributed by atoms with Crippen molar-refractivity contribution < 1.29 is 40.7 Å². The van der Waals surface area contributed by atoms with Crippen LogP contribution in [0.3, 0.4) is 0 Å². The number of carbonyl (C=O) groups is 2. The molecule has 0 fully saturated rings. The number of hydrogen-bond donors (Lipinski definition) is 1. The van der Waals surface area contributed by atoms with Crippen LogP contribution >= 0.6 is 0 Å². The van der Waals surface area contributed by atoms with E-state index in [0.717, 1.165) is 12.1 Å². The van der Waals surface area contributed by atoms with Crippen molar-refractivity contribution in [2.75, 3.05) is 18.5 Å². The molecule has 1 aliphatic rings. The normalized spacial score (nSPS) is 13.3. The number of ether oxygens (including phenoxy) is 1. The number of benzene rings is 2. The minimum absolute atomic E-state index is 0.144. The Hall–Kier alpha value is -4.09. The number of rotatable bonds is 5. The first kappa shape index (κ1) is 26.0. The lowest BCUT2D eigenvalue weighted by atomic mass is 9.97. The summed E-state index contributed by atoms with van der Waals surface area (Å²) in [5, 5.41) is 2.45. The van der Waals surface area contributed by atoms with E-state index in [2.05, 4.69) is 10.3 Å². The highest BCUT2D eigenvalue weighted by Gasteiger charge is 2.45. The molecule has 0 aliphatic carbocycles. The summed E-state index contributed by atoms with van der Waals surface area (Å²) >= 11 is 0. The minimum Gasteiger partial charge on any atom is -0.457 e. The smallest absolute Gasteiger partial charge is 0.417 e. The molecule has 0 radical (unpaired) electrons. The summed E-state index contributed by atoms with van der Waals surface area (Å²) in [6.07, 6.45) is -9.60. The maximum atomic E-state index is 13.6. The molecule has 2 heterocycles. The molecule has 0 atom stereocenters. The summed E-state index contributed by atoms with van der Waals surface area (Å²) in [5.41, 5.74) is -3.18. The van der Waals surface area contributed by atoms with Crippen LogP contribution in [0, 0.1) is 0 Å². The summed E-state index contributed by atoms with van der Waals surface area (Å²) in [6.45, 7) is 0.147. The van der Waals surface area contributed by atoms with Crippen molar-refractivity contribution in [3.05, 3.63) is 82.7 Å². The van der Waals surface area contributed by atoms with Crippen LogP contribution in [0.1, 0.15) is 32.7 Å². The van der Waals surface area contributed by atoms with E-state index < -0.39 is 47.3 Å². The quantitative estimate of drug-likeness (QED) is 0.455. The Morgan fingerprint density at radius 2 is 1.73 bits per heavy atom. The largest absolute Gasteiger partial charge is 0.457 e. The highest BCUT2D eigenvalue weighted by molar-refractivity contribution is 5.97. The Morgan fingerprint density at radius 1 is 1.00 bits per heavy atom. The number of fused-ring (bicyclic) bond motifs is 1. The molecule has 2 amide bonds. The van der Waals surface area contributed by atoms with Gasteiger partial charge in [-0.1, -0.05) is 12.1 Å². The summed E-state index contributed by atoms with van der Waals surface area (Å²) in [5.74, 6) is -0.437. The van der Waals surface area contributed by atoms with Gasteiger partial charge in [0.1, 0.15) is 17.2 Å². The molecule has 194 valence electrons. The molecule has 0 spiro atoms. The zero-order chi connectivity index (χ0) is 27.0. The third-order valence-corrected chi connectivity index (χ3v) is 5.76. The molecule has 6 nitrogen and oxygen atoms in total. The second kappa shape index (κ2) is 9.75. The van der Waals surface area contributed by atoms with Crippen LogP contribution in [-0.4, -0.2) is 30.4 Å². The Bertz CT molecular complexity index is 1350. The Balaban J connectivity index is 1.55. The van der Waals surface area contributed by atoms with Gasteiger partial charge >= 0.3 is 12.4 Å². The fourth-order valence-corrected chi connectivity index (χ4v) is 4.14. The number of hydrogen-bond acceptors (Lipinski definition) is 4. The third-order valence-electron chi connectivity index (χ3n) is 5.76. The number of halogens is 6. The monoisotopic (exact) mass is 523 g/mol. The molecule has 0 saturated carbocycles. The molecular weight excluding hydrogens is 504 g/mol. The van der Waals surface area contributed by atoms with Crippen molar-refractivity contribution in [3.8, 4) is 11.5 Å². The summed E-state index contributed by atoms with van der Waals surface area (Å²) in [7, 11) is 1.46. The molecule has 0 bridgehead atoms. The van der Waals surface area contributed by atoms with E-state index in [0.29, 0.717) is 35.2 Å². The van der Waals surface area contributed by atoms with Crippen LogP contribution in [0.15, 0.2) is 54.7 Å². The van der Waals surface area contributed by atoms with Crippen molar-refractivity contribution >= 4 is 17.5 Å². The van der Waals surface area contributed by atoms with E-state index in [1.807, 2.05) is 0 Å². The average molecular weight is 523 g/mol. The average Bonchev–Trinajstić information content (AvgIpc) is 3.26. The SMILES string of the molecule is CNC(=O)c1cc(Oc2ccc3c(c2)CCN3C(=O)Cc2cccc(C(F)(F)F)c2C(F)(F)F)ccn1. The Kier molecular flexibility index (Phi) is 6.85. The summed E-state index contributed by atoms with van der Waals surface area (Å²) in [6, 6.07) is 9.81. The lowest BCUT2D eigenvalue weighted by Gasteiger charge is -2.21. The Morgan fingerprint density at radius 3 is 2.41 bits per heavy atom. The number of anilines is 1. The number of carbonyl (C=O) groups excluding carboxylic acids is 2. The zero-order valence-electron chi connectivity index (χ0n) is 19.2. The van der Waals surface area contributed by atoms with Gasteiger partial charge in [-0.3, -0.25) is 14.6 Å². The van der Waals surface area contributed by atoms with E-state index >= 15 is 0 Å². The highest BCUT2D eigenvalue weighted by Crippen LogP contribution is 2.42. The number of aromatic nitrogens is 1. The maximum absolute atomic E-state index is 13.6. The first-order valence-electron chi connectivity index (χ1n) is 10.9. The van der Waals surface area contributed by atoms with E-state index in [-0.39, 0.29) is 12.2 Å². The van der Waals surface area contributed by atoms with Crippen LogP contribution < -0.4 is 15.0 Å². The van der Waals surface area contributed by atoms with Crippen molar-refractivity contribution in [2.45, 2.75) is 25.2 Å². The van der Waals surface area contributed by atoms with Crippen LogP contribution in [0.25, 0.3) is 0 Å². The van der Waals surface area contributed by atoms with Gasteiger partial charge in [0, 0.05) is 31.5 Å². The van der Waals surface area contributed by atoms with Gasteiger partial charge in [-0.25, -0.2) is 0 Å². The van der Waals surface area contributed by atoms with E-state index in [9.17, 15) is 35.9 Å². The summed E-state index contributed by atoms with van der Waals surface area (Å²) in [4.78, 5) is 29.9. The van der Waals surface area contributed by atoms with Gasteiger partial charge in [0.2, 0.25) is 5.91 Å². The molecule has 0 unspecified atom stereocenters. The van der Waals surface area contributed by atoms with Gasteiger partial charge in [-0.05, 0) is 47.9 Å². The molecule has 4 rings (SSSR count). The topological polar surface area (TPSA) is 71.5 Å². The molecule has 1 N–H and O–H groups in total. The van der Waals surface area contributed by atoms with Crippen LogP contribution in [0.5, 0.6) is 11.5 Å². The van der Waals surface area contributed by atoms with E-state index in [1.165, 1.54) is 30.3 Å². The van der Waals surface area contributed by atoms with Crippen molar-refractivity contribution in [2.24, 2.45) is 0 Å². The predicted molar refractivity (Wildman–Crippen MR) is 120 cm³/mol. The molecule has 1 aliphatic heterocycles. The molecule has 3 aromatic rings. The predicted octanol–water partition coefficient (Wildman–Crippen LogP) is 5.40. The van der Waals surface area contributed by atoms with Gasteiger partial charge < -0.3 is 15.0 Å². The standard InChI is InChI=1S/C25H19F6N3O3/c1-32-23(36)19-13-17(7-9-33-19)37-16-5-6-20-14(11-16)8-10-34(20)21(35)12-15-3-2-4-18(24(26,27)28)22(15)25(29,30)31/h2-7,9,11,13H,8,10,12H2,1H3,(H,32,36). The number of pyridine rings is 1. The third kappa shape index (κ3) is 5.52. The molecule has 2 aromatic carbocycles. The lowest BCUT2D eigenvalue weighted by molar-refractivity contribution is -0.162. The first-order valence-corrected chi connectivity index (χ1v) is 10.9. The number of nitrogens with one attached hydrogen (secondary N) is 1. The van der Waals surface area contributed by atoms with Gasteiger partial charge in [0.25, 0.3) is 5.91 Å². The number of alkyl halides is 6. The second-order valence-electron chi connectivity index (χ2n) is 8.16. The fraction of sp³-hybridized carbons (Fsp3) is 0.240. The zero-order valence-corrected chi connectivity index (χ0v) is 19.2. The van der Waals surface area contributed by atoms with Crippen LogP contribution in [0.2, 0.25) is 0 Å². The van der Waals surface area contributed by atoms with Gasteiger partial charge in [-0.2, -0.15) is 26.3 Å². The Labute approximate surface area is 206 Å². The van der Waals surface area contributed by atoms with Crippen molar-refractivity contribution in [3.63, 3.8) is 0 Å². The van der Waals surface area contributed by atoms with E-state index in [4.69, 9.17) is 4.74 Å². The molecule has 0 saturated heterocycles. The van der Waals surface area contributed by atoms with E-state index in [1.54, 1.807) is 18.2 Å². The molecule has 37 heavy (non-hydrogen) atoms. The minimum atomic E-state index is -5.29.